The first kappa shape index (κ1) is 21.4. The Labute approximate surface area is 182 Å². The van der Waals surface area contributed by atoms with Crippen molar-refractivity contribution in [2.45, 2.75) is 12.8 Å². The summed E-state index contributed by atoms with van der Waals surface area (Å²) in [4.78, 5) is 29.8. The third kappa shape index (κ3) is 5.28. The van der Waals surface area contributed by atoms with Gasteiger partial charge in [-0.1, -0.05) is 6.07 Å². The highest BCUT2D eigenvalue weighted by Crippen LogP contribution is 2.23. The molecule has 0 aromatic carbocycles. The number of hydrogen-bond acceptors (Lipinski definition) is 8. The van der Waals surface area contributed by atoms with Crippen molar-refractivity contribution in [2.24, 2.45) is 5.92 Å². The molecule has 4 rings (SSSR count). The lowest BCUT2D eigenvalue weighted by Crippen LogP contribution is -2.52. The first-order valence-corrected chi connectivity index (χ1v) is 12.2. The predicted octanol–water partition coefficient (Wildman–Crippen LogP) is 0.935. The molecule has 166 valence electrons. The van der Waals surface area contributed by atoms with Crippen LogP contribution in [0.3, 0.4) is 0 Å². The van der Waals surface area contributed by atoms with Gasteiger partial charge in [0.25, 0.3) is 0 Å². The summed E-state index contributed by atoms with van der Waals surface area (Å²) in [5, 5.41) is 3.17. The number of nitrogens with one attached hydrogen (secondary N) is 1. The average Bonchev–Trinajstić information content (AvgIpc) is 2.79. The molecular formula is C20H27N7O3S. The van der Waals surface area contributed by atoms with Crippen molar-refractivity contribution in [2.75, 3.05) is 55.7 Å². The summed E-state index contributed by atoms with van der Waals surface area (Å²) in [5.41, 5.74) is 0. The summed E-state index contributed by atoms with van der Waals surface area (Å²) in [5.74, 6) is 2.22. The quantitative estimate of drug-likeness (QED) is 0.724. The van der Waals surface area contributed by atoms with E-state index in [2.05, 4.69) is 25.2 Å². The Morgan fingerprint density at radius 3 is 2.39 bits per heavy atom. The minimum atomic E-state index is -3.18. The SMILES string of the molecule is CS(=O)(=O)N1CCC(C(=O)N2CCN(c3cc(Nc4ccccn4)ncn3)CC2)CC1. The second kappa shape index (κ2) is 9.15. The van der Waals surface area contributed by atoms with Crippen molar-refractivity contribution >= 4 is 33.4 Å². The minimum absolute atomic E-state index is 0.0993. The Hall–Kier alpha value is -2.79. The zero-order chi connectivity index (χ0) is 21.8. The smallest absolute Gasteiger partial charge is 0.225 e. The Morgan fingerprint density at radius 1 is 1.00 bits per heavy atom. The molecule has 2 aromatic rings. The number of rotatable bonds is 5. The standard InChI is InChI=1S/C20H27N7O3S/c1-31(29,30)27-8-5-16(6-9-27)20(28)26-12-10-25(11-13-26)19-14-18(22-15-23-19)24-17-4-2-3-7-21-17/h2-4,7,14-16H,5-6,8-13H2,1H3,(H,21,22,23,24). The van der Waals surface area contributed by atoms with Crippen LogP contribution in [0.15, 0.2) is 36.8 Å². The van der Waals surface area contributed by atoms with Crippen LogP contribution in [0.4, 0.5) is 17.5 Å². The van der Waals surface area contributed by atoms with Gasteiger partial charge in [0.1, 0.15) is 23.8 Å². The highest BCUT2D eigenvalue weighted by atomic mass is 32.2. The molecule has 0 atom stereocenters. The molecule has 1 N–H and O–H groups in total. The van der Waals surface area contributed by atoms with Gasteiger partial charge in [-0.25, -0.2) is 27.7 Å². The van der Waals surface area contributed by atoms with Crippen molar-refractivity contribution in [1.29, 1.82) is 0 Å². The number of pyridine rings is 1. The van der Waals surface area contributed by atoms with E-state index in [1.165, 1.54) is 16.9 Å². The maximum Gasteiger partial charge on any atom is 0.225 e. The minimum Gasteiger partial charge on any atom is -0.353 e. The first-order valence-electron chi connectivity index (χ1n) is 10.4. The summed E-state index contributed by atoms with van der Waals surface area (Å²) in [6.07, 6.45) is 5.62. The van der Waals surface area contributed by atoms with E-state index in [0.717, 1.165) is 5.82 Å². The van der Waals surface area contributed by atoms with Crippen molar-refractivity contribution in [3.05, 3.63) is 36.8 Å². The van der Waals surface area contributed by atoms with Crippen molar-refractivity contribution < 1.29 is 13.2 Å². The second-order valence-electron chi connectivity index (χ2n) is 7.85. The van der Waals surface area contributed by atoms with E-state index in [-0.39, 0.29) is 11.8 Å². The van der Waals surface area contributed by atoms with Gasteiger partial charge in [0, 0.05) is 57.4 Å². The Bertz CT molecular complexity index is 1000. The van der Waals surface area contributed by atoms with Crippen LogP contribution < -0.4 is 10.2 Å². The van der Waals surface area contributed by atoms with E-state index in [0.29, 0.717) is 63.7 Å². The lowest BCUT2D eigenvalue weighted by molar-refractivity contribution is -0.137. The predicted molar refractivity (Wildman–Crippen MR) is 117 cm³/mol. The zero-order valence-corrected chi connectivity index (χ0v) is 18.3. The summed E-state index contributed by atoms with van der Waals surface area (Å²) >= 11 is 0. The van der Waals surface area contributed by atoms with Gasteiger partial charge >= 0.3 is 0 Å². The maximum absolute atomic E-state index is 12.9. The average molecular weight is 446 g/mol. The van der Waals surface area contributed by atoms with E-state index < -0.39 is 10.0 Å². The zero-order valence-electron chi connectivity index (χ0n) is 17.5. The van der Waals surface area contributed by atoms with Gasteiger partial charge in [-0.15, -0.1) is 0 Å². The van der Waals surface area contributed by atoms with E-state index in [1.807, 2.05) is 29.2 Å². The van der Waals surface area contributed by atoms with Crippen LogP contribution in [0.2, 0.25) is 0 Å². The van der Waals surface area contributed by atoms with Gasteiger partial charge in [-0.2, -0.15) is 0 Å². The lowest BCUT2D eigenvalue weighted by Gasteiger charge is -2.38. The number of piperidine rings is 1. The van der Waals surface area contributed by atoms with Crippen LogP contribution in [0.5, 0.6) is 0 Å². The van der Waals surface area contributed by atoms with E-state index in [1.54, 1.807) is 6.20 Å². The molecule has 31 heavy (non-hydrogen) atoms. The van der Waals surface area contributed by atoms with Crippen LogP contribution in [-0.4, -0.2) is 84.0 Å². The van der Waals surface area contributed by atoms with Gasteiger partial charge in [0.2, 0.25) is 15.9 Å². The molecule has 11 heteroatoms. The molecule has 2 fully saturated rings. The lowest BCUT2D eigenvalue weighted by atomic mass is 9.96. The fourth-order valence-electron chi connectivity index (χ4n) is 4.00. The number of aromatic nitrogens is 3. The maximum atomic E-state index is 12.9. The first-order chi connectivity index (χ1) is 14.9. The van der Waals surface area contributed by atoms with Crippen LogP contribution in [0, 0.1) is 5.92 Å². The molecule has 0 saturated carbocycles. The number of carbonyl (C=O) groups is 1. The normalized spacial score (nSPS) is 18.7. The number of anilines is 3. The summed E-state index contributed by atoms with van der Waals surface area (Å²) in [6.45, 7) is 3.46. The largest absolute Gasteiger partial charge is 0.353 e. The molecule has 0 unspecified atom stereocenters. The molecule has 2 aliphatic rings. The molecule has 0 spiro atoms. The number of hydrogen-bond donors (Lipinski definition) is 1. The molecule has 2 saturated heterocycles. The van der Waals surface area contributed by atoms with Gasteiger partial charge in [-0.05, 0) is 25.0 Å². The fourth-order valence-corrected chi connectivity index (χ4v) is 4.88. The molecular weight excluding hydrogens is 418 g/mol. The van der Waals surface area contributed by atoms with Crippen molar-refractivity contribution in [1.82, 2.24) is 24.2 Å². The van der Waals surface area contributed by atoms with Gasteiger partial charge in [0.15, 0.2) is 0 Å². The molecule has 0 radical (unpaired) electrons. The molecule has 0 aliphatic carbocycles. The molecule has 0 bridgehead atoms. The topological polar surface area (TPSA) is 112 Å². The van der Waals surface area contributed by atoms with E-state index in [9.17, 15) is 13.2 Å². The van der Waals surface area contributed by atoms with Gasteiger partial charge < -0.3 is 15.1 Å². The third-order valence-electron chi connectivity index (χ3n) is 5.76. The number of carbonyl (C=O) groups excluding carboxylic acids is 1. The fraction of sp³-hybridized carbons (Fsp3) is 0.500. The van der Waals surface area contributed by atoms with Crippen LogP contribution in [0.25, 0.3) is 0 Å². The van der Waals surface area contributed by atoms with Crippen molar-refractivity contribution in [3.8, 4) is 0 Å². The van der Waals surface area contributed by atoms with Crippen LogP contribution >= 0.6 is 0 Å². The molecule has 1 amide bonds. The Balaban J connectivity index is 1.31. The van der Waals surface area contributed by atoms with Crippen LogP contribution in [0.1, 0.15) is 12.8 Å². The third-order valence-corrected chi connectivity index (χ3v) is 7.06. The Morgan fingerprint density at radius 2 is 1.74 bits per heavy atom. The highest BCUT2D eigenvalue weighted by Gasteiger charge is 2.32. The van der Waals surface area contributed by atoms with E-state index in [4.69, 9.17) is 0 Å². The molecule has 10 nitrogen and oxygen atoms in total. The number of piperazine rings is 1. The van der Waals surface area contributed by atoms with Crippen LogP contribution in [-0.2, 0) is 14.8 Å². The highest BCUT2D eigenvalue weighted by molar-refractivity contribution is 7.88. The number of nitrogens with zero attached hydrogens (tertiary/aromatic N) is 6. The summed E-state index contributed by atoms with van der Waals surface area (Å²) < 4.78 is 24.8. The summed E-state index contributed by atoms with van der Waals surface area (Å²) in [7, 11) is -3.18. The van der Waals surface area contributed by atoms with Crippen molar-refractivity contribution in [3.63, 3.8) is 0 Å². The molecule has 2 aliphatic heterocycles. The molecule has 2 aromatic heterocycles. The summed E-state index contributed by atoms with van der Waals surface area (Å²) in [6, 6.07) is 7.50. The van der Waals surface area contributed by atoms with Gasteiger partial charge in [-0.3, -0.25) is 4.79 Å². The van der Waals surface area contributed by atoms with Gasteiger partial charge in [0.05, 0.1) is 6.26 Å². The second-order valence-corrected chi connectivity index (χ2v) is 9.83. The monoisotopic (exact) mass is 445 g/mol. The number of sulfonamides is 1. The molecule has 4 heterocycles. The number of amides is 1. The van der Waals surface area contributed by atoms with E-state index >= 15 is 0 Å². The Kier molecular flexibility index (Phi) is 6.33.